The zero-order valence-corrected chi connectivity index (χ0v) is 13.3. The van der Waals surface area contributed by atoms with E-state index < -0.39 is 0 Å². The molecule has 1 heterocycles. The van der Waals surface area contributed by atoms with Crippen LogP contribution in [0.3, 0.4) is 0 Å². The van der Waals surface area contributed by atoms with Crippen molar-refractivity contribution >= 4 is 27.5 Å². The minimum Gasteiger partial charge on any atom is -0.315 e. The zero-order chi connectivity index (χ0) is 13.1. The molecule has 18 heavy (non-hydrogen) atoms. The molecule has 1 fully saturated rings. The fourth-order valence-corrected chi connectivity index (χ4v) is 3.62. The fraction of sp³-hybridized carbons (Fsp3) is 0.571. The number of hydrogen-bond donors (Lipinski definition) is 1. The van der Waals surface area contributed by atoms with Gasteiger partial charge < -0.3 is 5.32 Å². The Kier molecular flexibility index (Phi) is 5.07. The molecule has 2 unspecified atom stereocenters. The Morgan fingerprint density at radius 1 is 1.56 bits per heavy atom. The number of likely N-dealkylation sites (N-methyl/N-ethyl adjacent to an activating group) is 1. The molecular formula is C14H20BrClN2. The SMILES string of the molecule is CCN(C1CCNC1)C(C)c1ccc(Br)cc1Cl. The van der Waals surface area contributed by atoms with Crippen molar-refractivity contribution in [3.63, 3.8) is 0 Å². The normalized spacial score (nSPS) is 21.5. The highest BCUT2D eigenvalue weighted by Crippen LogP contribution is 2.31. The van der Waals surface area contributed by atoms with Gasteiger partial charge in [-0.15, -0.1) is 0 Å². The van der Waals surface area contributed by atoms with Gasteiger partial charge in [-0.2, -0.15) is 0 Å². The second-order valence-corrected chi connectivity index (χ2v) is 6.14. The van der Waals surface area contributed by atoms with Gasteiger partial charge in [-0.1, -0.05) is 40.5 Å². The van der Waals surface area contributed by atoms with E-state index >= 15 is 0 Å². The van der Waals surface area contributed by atoms with Crippen LogP contribution in [0.4, 0.5) is 0 Å². The predicted molar refractivity (Wildman–Crippen MR) is 81.2 cm³/mol. The van der Waals surface area contributed by atoms with Crippen molar-refractivity contribution in [3.05, 3.63) is 33.3 Å². The van der Waals surface area contributed by atoms with E-state index in [2.05, 4.69) is 52.1 Å². The second-order valence-electron chi connectivity index (χ2n) is 4.82. The molecule has 0 aliphatic carbocycles. The van der Waals surface area contributed by atoms with Crippen molar-refractivity contribution in [3.8, 4) is 0 Å². The van der Waals surface area contributed by atoms with Crippen LogP contribution in [0.2, 0.25) is 5.02 Å². The van der Waals surface area contributed by atoms with Crippen LogP contribution in [0.25, 0.3) is 0 Å². The number of benzene rings is 1. The van der Waals surface area contributed by atoms with Crippen LogP contribution in [0, 0.1) is 0 Å². The summed E-state index contributed by atoms with van der Waals surface area (Å²) in [5.41, 5.74) is 1.22. The molecule has 1 aliphatic rings. The summed E-state index contributed by atoms with van der Waals surface area (Å²) in [6.07, 6.45) is 1.23. The molecule has 0 aromatic heterocycles. The third-order valence-electron chi connectivity index (χ3n) is 3.78. The maximum Gasteiger partial charge on any atom is 0.0464 e. The average molecular weight is 332 g/mol. The van der Waals surface area contributed by atoms with E-state index in [1.54, 1.807) is 0 Å². The molecule has 0 amide bonds. The molecular weight excluding hydrogens is 312 g/mol. The Morgan fingerprint density at radius 3 is 2.89 bits per heavy atom. The molecule has 2 rings (SSSR count). The topological polar surface area (TPSA) is 15.3 Å². The van der Waals surface area contributed by atoms with Crippen LogP contribution in [0.1, 0.15) is 31.9 Å². The maximum atomic E-state index is 6.36. The minimum atomic E-state index is 0.362. The van der Waals surface area contributed by atoms with Gasteiger partial charge in [-0.3, -0.25) is 4.90 Å². The van der Waals surface area contributed by atoms with Gasteiger partial charge in [0.1, 0.15) is 0 Å². The van der Waals surface area contributed by atoms with E-state index in [1.807, 2.05) is 6.07 Å². The van der Waals surface area contributed by atoms with Crippen LogP contribution < -0.4 is 5.32 Å². The van der Waals surface area contributed by atoms with Crippen LogP contribution >= 0.6 is 27.5 Å². The monoisotopic (exact) mass is 330 g/mol. The Labute approximate surface area is 123 Å². The highest BCUT2D eigenvalue weighted by atomic mass is 79.9. The standard InChI is InChI=1S/C14H20BrClN2/c1-3-18(12-6-7-17-9-12)10(2)13-5-4-11(15)8-14(13)16/h4-5,8,10,12,17H,3,6-7,9H2,1-2H3. The van der Waals surface area contributed by atoms with E-state index in [0.717, 1.165) is 29.1 Å². The molecule has 0 bridgehead atoms. The zero-order valence-electron chi connectivity index (χ0n) is 10.9. The first-order valence-electron chi connectivity index (χ1n) is 6.55. The highest BCUT2D eigenvalue weighted by molar-refractivity contribution is 9.10. The number of nitrogens with one attached hydrogen (secondary N) is 1. The Bertz CT molecular complexity index is 405. The third kappa shape index (κ3) is 3.08. The summed E-state index contributed by atoms with van der Waals surface area (Å²) >= 11 is 9.82. The van der Waals surface area contributed by atoms with Crippen LogP contribution in [0.5, 0.6) is 0 Å². The molecule has 1 aromatic carbocycles. The molecule has 0 spiro atoms. The smallest absolute Gasteiger partial charge is 0.0464 e. The Morgan fingerprint density at radius 2 is 2.33 bits per heavy atom. The average Bonchev–Trinajstić information content (AvgIpc) is 2.83. The number of rotatable bonds is 4. The van der Waals surface area contributed by atoms with Gasteiger partial charge in [0.15, 0.2) is 0 Å². The van der Waals surface area contributed by atoms with Gasteiger partial charge in [0.2, 0.25) is 0 Å². The summed E-state index contributed by atoms with van der Waals surface area (Å²) in [6, 6.07) is 7.17. The van der Waals surface area contributed by atoms with Crippen molar-refractivity contribution in [1.82, 2.24) is 10.2 Å². The van der Waals surface area contributed by atoms with Gasteiger partial charge in [0.25, 0.3) is 0 Å². The number of nitrogens with zero attached hydrogens (tertiary/aromatic N) is 1. The second kappa shape index (κ2) is 6.38. The number of hydrogen-bond acceptors (Lipinski definition) is 2. The van der Waals surface area contributed by atoms with E-state index in [-0.39, 0.29) is 0 Å². The van der Waals surface area contributed by atoms with E-state index in [9.17, 15) is 0 Å². The molecule has 0 saturated carbocycles. The van der Waals surface area contributed by atoms with Crippen molar-refractivity contribution in [2.24, 2.45) is 0 Å². The quantitative estimate of drug-likeness (QED) is 0.901. The molecule has 2 nitrogen and oxygen atoms in total. The minimum absolute atomic E-state index is 0.362. The van der Waals surface area contributed by atoms with Crippen molar-refractivity contribution in [1.29, 1.82) is 0 Å². The molecule has 4 heteroatoms. The number of halogens is 2. The first-order chi connectivity index (χ1) is 8.63. The lowest BCUT2D eigenvalue weighted by molar-refractivity contribution is 0.163. The summed E-state index contributed by atoms with van der Waals surface area (Å²) in [6.45, 7) is 7.74. The lowest BCUT2D eigenvalue weighted by Gasteiger charge is -2.33. The van der Waals surface area contributed by atoms with Gasteiger partial charge in [0.05, 0.1) is 0 Å². The van der Waals surface area contributed by atoms with Crippen LogP contribution in [-0.2, 0) is 0 Å². The lowest BCUT2D eigenvalue weighted by atomic mass is 10.0. The fourth-order valence-electron chi connectivity index (χ4n) is 2.79. The Balaban J connectivity index is 2.19. The van der Waals surface area contributed by atoms with Crippen LogP contribution in [0.15, 0.2) is 22.7 Å². The van der Waals surface area contributed by atoms with Gasteiger partial charge in [0, 0.05) is 28.1 Å². The first kappa shape index (κ1) is 14.3. The molecule has 1 aliphatic heterocycles. The molecule has 1 saturated heterocycles. The molecule has 100 valence electrons. The summed E-state index contributed by atoms with van der Waals surface area (Å²) in [4.78, 5) is 2.54. The maximum absolute atomic E-state index is 6.36. The summed E-state index contributed by atoms with van der Waals surface area (Å²) in [5.74, 6) is 0. The highest BCUT2D eigenvalue weighted by Gasteiger charge is 2.26. The van der Waals surface area contributed by atoms with Crippen molar-refractivity contribution in [2.75, 3.05) is 19.6 Å². The molecule has 0 radical (unpaired) electrons. The van der Waals surface area contributed by atoms with Gasteiger partial charge in [-0.25, -0.2) is 0 Å². The third-order valence-corrected chi connectivity index (χ3v) is 4.60. The Hall–Kier alpha value is -0.0900. The molecule has 2 atom stereocenters. The largest absolute Gasteiger partial charge is 0.315 e. The van der Waals surface area contributed by atoms with Gasteiger partial charge in [-0.05, 0) is 44.1 Å². The predicted octanol–water partition coefficient (Wildman–Crippen LogP) is 3.85. The van der Waals surface area contributed by atoms with E-state index in [4.69, 9.17) is 11.6 Å². The molecule has 1 N–H and O–H groups in total. The summed E-state index contributed by atoms with van der Waals surface area (Å²) < 4.78 is 1.04. The summed E-state index contributed by atoms with van der Waals surface area (Å²) in [5, 5.41) is 4.28. The summed E-state index contributed by atoms with van der Waals surface area (Å²) in [7, 11) is 0. The van der Waals surface area contributed by atoms with E-state index in [1.165, 1.54) is 12.0 Å². The van der Waals surface area contributed by atoms with Gasteiger partial charge >= 0.3 is 0 Å². The molecule has 1 aromatic rings. The van der Waals surface area contributed by atoms with Crippen LogP contribution in [-0.4, -0.2) is 30.6 Å². The van der Waals surface area contributed by atoms with Crippen molar-refractivity contribution < 1.29 is 0 Å². The first-order valence-corrected chi connectivity index (χ1v) is 7.72. The van der Waals surface area contributed by atoms with E-state index in [0.29, 0.717) is 12.1 Å². The lowest BCUT2D eigenvalue weighted by Crippen LogP contribution is -2.38. The van der Waals surface area contributed by atoms with Crippen molar-refractivity contribution in [2.45, 2.75) is 32.4 Å².